The van der Waals surface area contributed by atoms with Crippen LogP contribution in [0, 0.1) is 0 Å². The molecule has 0 spiro atoms. The van der Waals surface area contributed by atoms with Gasteiger partial charge in [0.2, 0.25) is 0 Å². The van der Waals surface area contributed by atoms with Gasteiger partial charge in [0.25, 0.3) is 5.99 Å². The van der Waals surface area contributed by atoms with Crippen molar-refractivity contribution >= 4 is 15.7 Å². The molecule has 0 atom stereocenters. The monoisotopic (exact) mass is 120 g/mol. The van der Waals surface area contributed by atoms with E-state index >= 15 is 0 Å². The van der Waals surface area contributed by atoms with E-state index in [2.05, 4.69) is 0 Å². The molecule has 0 aromatic heterocycles. The van der Waals surface area contributed by atoms with Crippen LogP contribution in [-0.4, -0.2) is 20.7 Å². The molecule has 0 amide bonds. The van der Waals surface area contributed by atoms with Crippen LogP contribution in [0.4, 0.5) is 0 Å². The molecule has 0 saturated carbocycles. The van der Waals surface area contributed by atoms with E-state index in [1.165, 1.54) is 6.26 Å². The Labute approximate surface area is 44.8 Å². The first-order chi connectivity index (χ1) is 2.94. The van der Waals surface area contributed by atoms with E-state index in [-0.39, 0.29) is 5.99 Å². The van der Waals surface area contributed by atoms with Gasteiger partial charge < -0.3 is 0 Å². The van der Waals surface area contributed by atoms with Crippen LogP contribution in [0.15, 0.2) is 0 Å². The van der Waals surface area contributed by atoms with Crippen molar-refractivity contribution in [2.75, 3.05) is 6.26 Å². The fraction of sp³-hybridized carbons (Fsp3) is 1.00. The molecular weight excluding hydrogens is 111 g/mol. The fourth-order valence-corrected chi connectivity index (χ4v) is 0. The van der Waals surface area contributed by atoms with Crippen LogP contribution in [0.5, 0.6) is 0 Å². The lowest BCUT2D eigenvalue weighted by atomic mass is 9.84. The highest BCUT2D eigenvalue weighted by Crippen LogP contribution is 1.88. The standard InChI is InChI=1S/C3H9BO2S/c1-4(2)7(3,5)6/h1-3H3. The second-order valence-corrected chi connectivity index (χ2v) is 4.48. The van der Waals surface area contributed by atoms with Gasteiger partial charge in [-0.15, -0.1) is 0 Å². The van der Waals surface area contributed by atoms with E-state index in [1.54, 1.807) is 13.6 Å². The summed E-state index contributed by atoms with van der Waals surface area (Å²) in [4.78, 5) is 0. The Hall–Kier alpha value is 0.0149. The average Bonchev–Trinajstić information content (AvgIpc) is 1.31. The van der Waals surface area contributed by atoms with E-state index in [4.69, 9.17) is 0 Å². The van der Waals surface area contributed by atoms with Gasteiger partial charge in [-0.05, 0) is 0 Å². The lowest BCUT2D eigenvalue weighted by Crippen LogP contribution is -2.15. The molecule has 0 radical (unpaired) electrons. The zero-order valence-corrected chi connectivity index (χ0v) is 5.62. The molecule has 7 heavy (non-hydrogen) atoms. The molecule has 0 unspecified atom stereocenters. The molecule has 0 rings (SSSR count). The summed E-state index contributed by atoms with van der Waals surface area (Å²) in [7, 11) is -2.74. The summed E-state index contributed by atoms with van der Waals surface area (Å²) in [5.41, 5.74) is 0. The van der Waals surface area contributed by atoms with E-state index in [9.17, 15) is 8.42 Å². The molecule has 0 N–H and O–H groups in total. The molecule has 2 nitrogen and oxygen atoms in total. The Bertz CT molecular complexity index is 135. The van der Waals surface area contributed by atoms with Gasteiger partial charge in [-0.25, -0.2) is 8.42 Å². The first-order valence-electron chi connectivity index (χ1n) is 2.13. The van der Waals surface area contributed by atoms with Gasteiger partial charge in [0.15, 0.2) is 0 Å². The Kier molecular flexibility index (Phi) is 1.87. The zero-order chi connectivity index (χ0) is 6.08. The van der Waals surface area contributed by atoms with Gasteiger partial charge in [0, 0.05) is 6.26 Å². The largest absolute Gasteiger partial charge is 0.284 e. The molecule has 42 valence electrons. The number of hydrogen-bond donors (Lipinski definition) is 0. The van der Waals surface area contributed by atoms with Gasteiger partial charge in [-0.1, -0.05) is 13.6 Å². The highest BCUT2D eigenvalue weighted by molar-refractivity contribution is 8.17. The van der Waals surface area contributed by atoms with Crippen molar-refractivity contribution < 1.29 is 8.42 Å². The number of rotatable bonds is 1. The van der Waals surface area contributed by atoms with Crippen molar-refractivity contribution in [3.8, 4) is 0 Å². The molecule has 0 heterocycles. The molecule has 4 heteroatoms. The van der Waals surface area contributed by atoms with Gasteiger partial charge in [0.05, 0.1) is 0 Å². The number of hydrogen-bond acceptors (Lipinski definition) is 2. The van der Waals surface area contributed by atoms with E-state index < -0.39 is 9.69 Å². The predicted molar refractivity (Wildman–Crippen MR) is 32.3 cm³/mol. The second-order valence-electron chi connectivity index (χ2n) is 1.88. The molecule has 0 aliphatic carbocycles. The Morgan fingerprint density at radius 3 is 1.43 bits per heavy atom. The molecule has 0 saturated heterocycles. The maximum atomic E-state index is 10.3. The van der Waals surface area contributed by atoms with Crippen LogP contribution in [0.25, 0.3) is 0 Å². The van der Waals surface area contributed by atoms with Crippen LogP contribution in [0.2, 0.25) is 13.6 Å². The minimum absolute atomic E-state index is 0.229. The Morgan fingerprint density at radius 2 is 1.43 bits per heavy atom. The maximum absolute atomic E-state index is 10.3. The fourth-order valence-electron chi connectivity index (χ4n) is 0. The van der Waals surface area contributed by atoms with Crippen molar-refractivity contribution in [2.24, 2.45) is 0 Å². The van der Waals surface area contributed by atoms with Crippen molar-refractivity contribution in [3.63, 3.8) is 0 Å². The van der Waals surface area contributed by atoms with Crippen molar-refractivity contribution in [1.82, 2.24) is 0 Å². The molecule has 0 aliphatic heterocycles. The van der Waals surface area contributed by atoms with Crippen LogP contribution in [-0.2, 0) is 9.69 Å². The molecule has 0 aromatic carbocycles. The summed E-state index contributed by atoms with van der Waals surface area (Å²) < 4.78 is 20.7. The molecule has 0 bridgehead atoms. The van der Waals surface area contributed by atoms with Crippen LogP contribution in [0.3, 0.4) is 0 Å². The molecule has 0 fully saturated rings. The first-order valence-corrected chi connectivity index (χ1v) is 4.09. The van der Waals surface area contributed by atoms with Crippen molar-refractivity contribution in [2.45, 2.75) is 13.6 Å². The van der Waals surface area contributed by atoms with Crippen LogP contribution < -0.4 is 0 Å². The minimum Gasteiger partial charge on any atom is -0.241 e. The van der Waals surface area contributed by atoms with Crippen molar-refractivity contribution in [3.05, 3.63) is 0 Å². The lowest BCUT2D eigenvalue weighted by Gasteiger charge is -1.91. The van der Waals surface area contributed by atoms with Gasteiger partial charge >= 0.3 is 0 Å². The summed E-state index contributed by atoms with van der Waals surface area (Å²) in [6.07, 6.45) is 1.23. The van der Waals surface area contributed by atoms with Gasteiger partial charge in [0.1, 0.15) is 9.69 Å². The summed E-state index contributed by atoms with van der Waals surface area (Å²) >= 11 is 0. The Balaban J connectivity index is 4.10. The topological polar surface area (TPSA) is 34.1 Å². The Morgan fingerprint density at radius 1 is 1.29 bits per heavy atom. The SMILES string of the molecule is CB(C)S(C)(=O)=O. The zero-order valence-electron chi connectivity index (χ0n) is 4.80. The normalized spacial score (nSPS) is 11.3. The highest BCUT2D eigenvalue weighted by atomic mass is 32.2. The smallest absolute Gasteiger partial charge is 0.241 e. The van der Waals surface area contributed by atoms with E-state index in [0.29, 0.717) is 0 Å². The second kappa shape index (κ2) is 1.86. The summed E-state index contributed by atoms with van der Waals surface area (Å²) in [6.45, 7) is 3.32. The molecule has 0 aliphatic rings. The first kappa shape index (κ1) is 7.01. The third-order valence-corrected chi connectivity index (χ3v) is 2.57. The lowest BCUT2D eigenvalue weighted by molar-refractivity contribution is 0.613. The third kappa shape index (κ3) is 2.68. The average molecular weight is 120 g/mol. The summed E-state index contributed by atoms with van der Waals surface area (Å²) in [6, 6.07) is 0. The summed E-state index contributed by atoms with van der Waals surface area (Å²) in [5.74, 6) is -0.229. The van der Waals surface area contributed by atoms with E-state index in [1.807, 2.05) is 0 Å². The minimum atomic E-state index is -2.74. The third-order valence-electron chi connectivity index (χ3n) is 0.856. The summed E-state index contributed by atoms with van der Waals surface area (Å²) in [5, 5.41) is 0. The predicted octanol–water partition coefficient (Wildman–Crippen LogP) is 0.282. The van der Waals surface area contributed by atoms with Gasteiger partial charge in [-0.2, -0.15) is 0 Å². The van der Waals surface area contributed by atoms with Gasteiger partial charge in [-0.3, -0.25) is 0 Å². The maximum Gasteiger partial charge on any atom is 0.284 e. The van der Waals surface area contributed by atoms with E-state index in [0.717, 1.165) is 0 Å². The molecule has 0 aromatic rings. The molecular formula is C3H9BO2S. The highest BCUT2D eigenvalue weighted by Gasteiger charge is 2.11. The van der Waals surface area contributed by atoms with Crippen LogP contribution in [0.1, 0.15) is 0 Å². The van der Waals surface area contributed by atoms with Crippen molar-refractivity contribution in [1.29, 1.82) is 0 Å². The quantitative estimate of drug-likeness (QED) is 0.466. The van der Waals surface area contributed by atoms with Crippen LogP contribution >= 0.6 is 0 Å².